The molecule has 1 amide bonds. The molecule has 0 spiro atoms. The Hall–Kier alpha value is -0.690. The topological polar surface area (TPSA) is 77.2 Å². The highest BCUT2D eigenvalue weighted by Gasteiger charge is 2.20. The van der Waals surface area contributed by atoms with Crippen LogP contribution in [0.25, 0.3) is 0 Å². The van der Waals surface area contributed by atoms with Crippen LogP contribution < -0.4 is 11.1 Å². The van der Waals surface area contributed by atoms with E-state index in [1.165, 1.54) is 24.2 Å². The van der Waals surface area contributed by atoms with Crippen LogP contribution in [0.4, 0.5) is 0 Å². The van der Waals surface area contributed by atoms with Crippen molar-refractivity contribution in [2.75, 3.05) is 26.3 Å². The molecule has 1 fully saturated rings. The van der Waals surface area contributed by atoms with E-state index in [0.717, 1.165) is 30.4 Å². The number of ether oxygens (including phenoxy) is 1. The van der Waals surface area contributed by atoms with Crippen LogP contribution in [-0.4, -0.2) is 37.2 Å². The number of hydrogen-bond donors (Lipinski definition) is 2. The first-order chi connectivity index (χ1) is 9.29. The zero-order chi connectivity index (χ0) is 13.5. The number of carbonyl (C=O) groups excluding carboxylic acids is 1. The van der Waals surface area contributed by atoms with E-state index in [0.29, 0.717) is 25.4 Å². The fraction of sp³-hybridized carbons (Fsp3) is 0.692. The van der Waals surface area contributed by atoms with Gasteiger partial charge in [-0.15, -0.1) is 23.7 Å². The molecule has 0 radical (unpaired) electrons. The monoisotopic (exact) mass is 319 g/mol. The third-order valence-corrected chi connectivity index (χ3v) is 3.85. The Bertz CT molecular complexity index is 410. The van der Waals surface area contributed by atoms with Gasteiger partial charge >= 0.3 is 0 Å². The molecule has 1 aromatic heterocycles. The number of nitrogens with zero attached hydrogens (tertiary/aromatic N) is 1. The van der Waals surface area contributed by atoms with Gasteiger partial charge in [0.05, 0.1) is 5.01 Å². The van der Waals surface area contributed by atoms with Crippen LogP contribution in [0.2, 0.25) is 0 Å². The van der Waals surface area contributed by atoms with Crippen LogP contribution in [0, 0.1) is 5.92 Å². The van der Waals surface area contributed by atoms with Crippen molar-refractivity contribution in [1.82, 2.24) is 10.3 Å². The Morgan fingerprint density at radius 2 is 2.35 bits per heavy atom. The zero-order valence-corrected chi connectivity index (χ0v) is 13.1. The zero-order valence-electron chi connectivity index (χ0n) is 11.5. The number of nitrogens with two attached hydrogens (primary N) is 1. The van der Waals surface area contributed by atoms with Crippen molar-refractivity contribution >= 4 is 29.7 Å². The normalized spacial score (nSPS) is 13.8. The van der Waals surface area contributed by atoms with Crippen molar-refractivity contribution in [3.05, 3.63) is 16.1 Å². The summed E-state index contributed by atoms with van der Waals surface area (Å²) in [5.74, 6) is 0.687. The lowest BCUT2D eigenvalue weighted by molar-refractivity contribution is 0.0933. The first-order valence-electron chi connectivity index (χ1n) is 6.80. The molecular formula is C13H22ClN3O2S. The van der Waals surface area contributed by atoms with Gasteiger partial charge in [0.25, 0.3) is 5.91 Å². The lowest BCUT2D eigenvalue weighted by atomic mass is 10.4. The second kappa shape index (κ2) is 9.28. The van der Waals surface area contributed by atoms with Crippen LogP contribution >= 0.6 is 23.7 Å². The first kappa shape index (κ1) is 17.4. The smallest absolute Gasteiger partial charge is 0.270 e. The van der Waals surface area contributed by atoms with Crippen molar-refractivity contribution in [2.24, 2.45) is 11.7 Å². The summed E-state index contributed by atoms with van der Waals surface area (Å²) in [6.07, 6.45) is 4.20. The van der Waals surface area contributed by atoms with Crippen LogP contribution in [-0.2, 0) is 11.2 Å². The van der Waals surface area contributed by atoms with Crippen molar-refractivity contribution in [1.29, 1.82) is 0 Å². The summed E-state index contributed by atoms with van der Waals surface area (Å²) in [7, 11) is 0. The fourth-order valence-electron chi connectivity index (χ4n) is 1.65. The van der Waals surface area contributed by atoms with E-state index in [-0.39, 0.29) is 18.3 Å². The molecule has 20 heavy (non-hydrogen) atoms. The molecule has 3 N–H and O–H groups in total. The van der Waals surface area contributed by atoms with E-state index in [2.05, 4.69) is 10.3 Å². The summed E-state index contributed by atoms with van der Waals surface area (Å²) in [4.78, 5) is 16.0. The van der Waals surface area contributed by atoms with E-state index in [1.54, 1.807) is 5.38 Å². The molecule has 0 atom stereocenters. The first-order valence-corrected chi connectivity index (χ1v) is 7.68. The number of halogens is 1. The molecule has 1 aliphatic rings. The number of nitrogens with one attached hydrogen (secondary N) is 1. The Balaban J connectivity index is 0.00000200. The van der Waals surface area contributed by atoms with Crippen molar-refractivity contribution in [2.45, 2.75) is 25.7 Å². The average molecular weight is 320 g/mol. The molecule has 1 heterocycles. The molecule has 114 valence electrons. The maximum Gasteiger partial charge on any atom is 0.270 e. The molecule has 0 aliphatic heterocycles. The summed E-state index contributed by atoms with van der Waals surface area (Å²) in [5, 5.41) is 5.55. The molecule has 0 unspecified atom stereocenters. The number of hydrogen-bond acceptors (Lipinski definition) is 5. The van der Waals surface area contributed by atoms with Gasteiger partial charge < -0.3 is 15.8 Å². The molecule has 2 rings (SSSR count). The number of carbonyl (C=O) groups is 1. The maximum absolute atomic E-state index is 11.8. The predicted octanol–water partition coefficient (Wildman–Crippen LogP) is 1.61. The summed E-state index contributed by atoms with van der Waals surface area (Å²) in [5.41, 5.74) is 5.94. The third kappa shape index (κ3) is 6.17. The van der Waals surface area contributed by atoms with E-state index >= 15 is 0 Å². The second-order valence-electron chi connectivity index (χ2n) is 4.79. The fourth-order valence-corrected chi connectivity index (χ4v) is 2.45. The van der Waals surface area contributed by atoms with Crippen molar-refractivity contribution < 1.29 is 9.53 Å². The van der Waals surface area contributed by atoms with Crippen LogP contribution in [0.1, 0.15) is 34.8 Å². The van der Waals surface area contributed by atoms with Crippen LogP contribution in [0.15, 0.2) is 5.38 Å². The highest BCUT2D eigenvalue weighted by Crippen LogP contribution is 2.28. The molecule has 7 heteroatoms. The second-order valence-corrected chi connectivity index (χ2v) is 5.74. The summed E-state index contributed by atoms with van der Waals surface area (Å²) in [6, 6.07) is 0. The SMILES string of the molecule is Cl.NCCc1nc(C(=O)NCCCOCC2CC2)cs1. The van der Waals surface area contributed by atoms with E-state index < -0.39 is 0 Å². The number of aromatic nitrogens is 1. The van der Waals surface area contributed by atoms with E-state index in [9.17, 15) is 4.79 Å². The molecule has 0 bridgehead atoms. The number of amides is 1. The average Bonchev–Trinajstić information content (AvgIpc) is 3.11. The minimum Gasteiger partial charge on any atom is -0.381 e. The van der Waals surface area contributed by atoms with Gasteiger partial charge in [-0.3, -0.25) is 4.79 Å². The third-order valence-electron chi connectivity index (χ3n) is 2.94. The molecule has 1 aliphatic carbocycles. The standard InChI is InChI=1S/C13H21N3O2S.ClH/c14-5-4-12-16-11(9-19-12)13(17)15-6-1-7-18-8-10-2-3-10;/h9-10H,1-8,14H2,(H,15,17);1H. The van der Waals surface area contributed by atoms with Gasteiger partial charge in [-0.2, -0.15) is 0 Å². The Morgan fingerprint density at radius 1 is 1.55 bits per heavy atom. The molecule has 1 saturated carbocycles. The van der Waals surface area contributed by atoms with E-state index in [1.807, 2.05) is 0 Å². The maximum atomic E-state index is 11.8. The van der Waals surface area contributed by atoms with Gasteiger partial charge in [0.2, 0.25) is 0 Å². The number of thiazole rings is 1. The minimum atomic E-state index is -0.110. The highest BCUT2D eigenvalue weighted by molar-refractivity contribution is 7.09. The number of rotatable bonds is 9. The molecule has 0 aromatic carbocycles. The predicted molar refractivity (Wildman–Crippen MR) is 82.6 cm³/mol. The molecular weight excluding hydrogens is 298 g/mol. The van der Waals surface area contributed by atoms with Gasteiger partial charge in [-0.1, -0.05) is 0 Å². The van der Waals surface area contributed by atoms with Gasteiger partial charge in [0, 0.05) is 31.6 Å². The van der Waals surface area contributed by atoms with Crippen molar-refractivity contribution in [3.8, 4) is 0 Å². The minimum absolute atomic E-state index is 0. The van der Waals surface area contributed by atoms with Crippen LogP contribution in [0.3, 0.4) is 0 Å². The summed E-state index contributed by atoms with van der Waals surface area (Å²) < 4.78 is 5.50. The molecule has 0 saturated heterocycles. The van der Waals surface area contributed by atoms with Crippen molar-refractivity contribution in [3.63, 3.8) is 0 Å². The van der Waals surface area contributed by atoms with Gasteiger partial charge in [0.1, 0.15) is 5.69 Å². The Kier molecular flexibility index (Phi) is 8.06. The van der Waals surface area contributed by atoms with Crippen LogP contribution in [0.5, 0.6) is 0 Å². The summed E-state index contributed by atoms with van der Waals surface area (Å²) >= 11 is 1.48. The Morgan fingerprint density at radius 3 is 3.05 bits per heavy atom. The van der Waals surface area contributed by atoms with E-state index in [4.69, 9.17) is 10.5 Å². The Labute approximate surface area is 129 Å². The largest absolute Gasteiger partial charge is 0.381 e. The highest BCUT2D eigenvalue weighted by atomic mass is 35.5. The lowest BCUT2D eigenvalue weighted by Gasteiger charge is -2.04. The van der Waals surface area contributed by atoms with Gasteiger partial charge in [-0.05, 0) is 31.7 Å². The molecule has 5 nitrogen and oxygen atoms in total. The quantitative estimate of drug-likeness (QED) is 0.678. The lowest BCUT2D eigenvalue weighted by Crippen LogP contribution is -2.25. The summed E-state index contributed by atoms with van der Waals surface area (Å²) in [6.45, 7) is 2.79. The van der Waals surface area contributed by atoms with Gasteiger partial charge in [-0.25, -0.2) is 4.98 Å². The molecule has 1 aromatic rings. The van der Waals surface area contributed by atoms with Gasteiger partial charge in [0.15, 0.2) is 0 Å².